The Morgan fingerprint density at radius 2 is 1.73 bits per heavy atom. The smallest absolute Gasteiger partial charge is 0.416 e. The van der Waals surface area contributed by atoms with Gasteiger partial charge in [-0.05, 0) is 31.2 Å². The van der Waals surface area contributed by atoms with E-state index in [9.17, 15) is 23.2 Å². The molecule has 1 saturated heterocycles. The predicted octanol–water partition coefficient (Wildman–Crippen LogP) is 2.69. The van der Waals surface area contributed by atoms with Gasteiger partial charge in [0, 0.05) is 43.5 Å². The van der Waals surface area contributed by atoms with Crippen molar-refractivity contribution in [2.75, 3.05) is 24.5 Å². The monoisotopic (exact) mass is 365 g/mol. The Bertz CT molecular complexity index is 776. The molecule has 0 aliphatic carbocycles. The fourth-order valence-corrected chi connectivity index (χ4v) is 3.11. The highest BCUT2D eigenvalue weighted by molar-refractivity contribution is 5.94. The van der Waals surface area contributed by atoms with Crippen molar-refractivity contribution in [1.29, 1.82) is 0 Å². The number of amides is 1. The lowest BCUT2D eigenvalue weighted by atomic mass is 10.1. The topological polar surface area (TPSA) is 50.5 Å². The third-order valence-electron chi connectivity index (χ3n) is 4.49. The van der Waals surface area contributed by atoms with Gasteiger partial charge in [0.2, 0.25) is 0 Å². The second-order valence-corrected chi connectivity index (χ2v) is 6.28. The summed E-state index contributed by atoms with van der Waals surface area (Å²) in [6.07, 6.45) is -1.81. The number of pyridine rings is 1. The first-order chi connectivity index (χ1) is 12.3. The number of alkyl halides is 3. The van der Waals surface area contributed by atoms with Crippen LogP contribution in [0.25, 0.3) is 0 Å². The molecule has 2 heterocycles. The van der Waals surface area contributed by atoms with Crippen LogP contribution in [-0.4, -0.2) is 36.5 Å². The van der Waals surface area contributed by atoms with Gasteiger partial charge in [-0.25, -0.2) is 0 Å². The molecule has 1 atom stereocenters. The summed E-state index contributed by atoms with van der Waals surface area (Å²) >= 11 is 0. The van der Waals surface area contributed by atoms with Crippen molar-refractivity contribution in [1.82, 2.24) is 4.90 Å². The first-order valence-electron chi connectivity index (χ1n) is 8.18. The number of carbonyl (C=O) groups is 1. The fraction of sp³-hybridized carbons (Fsp3) is 0.333. The molecule has 1 aliphatic heterocycles. The van der Waals surface area contributed by atoms with Crippen LogP contribution in [0.4, 0.5) is 18.9 Å². The van der Waals surface area contributed by atoms with Gasteiger partial charge in [0.1, 0.15) is 0 Å². The van der Waals surface area contributed by atoms with Gasteiger partial charge in [-0.2, -0.15) is 17.9 Å². The average Bonchev–Trinajstić information content (AvgIpc) is 2.61. The summed E-state index contributed by atoms with van der Waals surface area (Å²) in [5.41, 5.74) is 0.458. The summed E-state index contributed by atoms with van der Waals surface area (Å²) in [7, 11) is 0. The second-order valence-electron chi connectivity index (χ2n) is 6.28. The van der Waals surface area contributed by atoms with Gasteiger partial charge in [0.25, 0.3) is 5.91 Å². The van der Waals surface area contributed by atoms with Gasteiger partial charge in [-0.15, -0.1) is 0 Å². The molecule has 0 radical (unpaired) electrons. The van der Waals surface area contributed by atoms with Crippen LogP contribution in [0.15, 0.2) is 48.8 Å². The standard InChI is InChI=1S/C18H18F3N3O2/c1-13-12-22(17(25)14-6-8-23(26)9-7-14)10-11-24(13)16-4-2-15(3-5-16)18(19,20)21/h2-9,13H,10-12H2,1H3. The Morgan fingerprint density at radius 1 is 1.12 bits per heavy atom. The van der Waals surface area contributed by atoms with Crippen LogP contribution in [0.1, 0.15) is 22.8 Å². The highest BCUT2D eigenvalue weighted by atomic mass is 19.4. The lowest BCUT2D eigenvalue weighted by Crippen LogP contribution is -2.53. The number of benzene rings is 1. The number of carbonyl (C=O) groups excluding carboxylic acids is 1. The number of hydrogen-bond acceptors (Lipinski definition) is 3. The van der Waals surface area contributed by atoms with Crippen LogP contribution in [0.5, 0.6) is 0 Å². The van der Waals surface area contributed by atoms with Crippen molar-refractivity contribution in [2.45, 2.75) is 19.1 Å². The molecule has 138 valence electrons. The molecule has 2 aromatic rings. The molecule has 3 rings (SSSR count). The first-order valence-corrected chi connectivity index (χ1v) is 8.18. The Morgan fingerprint density at radius 3 is 2.27 bits per heavy atom. The van der Waals surface area contributed by atoms with Crippen LogP contribution in [0.3, 0.4) is 0 Å². The molecule has 1 aliphatic rings. The number of piperazine rings is 1. The molecule has 8 heteroatoms. The molecular weight excluding hydrogens is 347 g/mol. The molecule has 5 nitrogen and oxygen atoms in total. The third-order valence-corrected chi connectivity index (χ3v) is 4.49. The van der Waals surface area contributed by atoms with Gasteiger partial charge in [-0.1, -0.05) is 0 Å². The number of rotatable bonds is 2. The van der Waals surface area contributed by atoms with Gasteiger partial charge >= 0.3 is 6.18 Å². The maximum Gasteiger partial charge on any atom is 0.416 e. The minimum atomic E-state index is -4.35. The summed E-state index contributed by atoms with van der Waals surface area (Å²) in [5.74, 6) is -0.162. The van der Waals surface area contributed by atoms with Crippen LogP contribution in [-0.2, 0) is 6.18 Å². The van der Waals surface area contributed by atoms with Crippen molar-refractivity contribution in [3.8, 4) is 0 Å². The maximum atomic E-state index is 12.7. The lowest BCUT2D eigenvalue weighted by molar-refractivity contribution is -0.605. The first kappa shape index (κ1) is 18.0. The van der Waals surface area contributed by atoms with E-state index in [0.29, 0.717) is 35.6 Å². The number of nitrogens with zero attached hydrogens (tertiary/aromatic N) is 3. The van der Waals surface area contributed by atoms with Crippen LogP contribution in [0.2, 0.25) is 0 Å². The molecule has 0 spiro atoms. The van der Waals surface area contributed by atoms with E-state index >= 15 is 0 Å². The summed E-state index contributed by atoms with van der Waals surface area (Å²) in [6, 6.07) is 7.97. The summed E-state index contributed by atoms with van der Waals surface area (Å²) < 4.78 is 38.7. The highest BCUT2D eigenvalue weighted by Crippen LogP contribution is 2.31. The maximum absolute atomic E-state index is 12.7. The molecule has 1 unspecified atom stereocenters. The zero-order valence-corrected chi connectivity index (χ0v) is 14.1. The Balaban J connectivity index is 1.68. The van der Waals surface area contributed by atoms with Crippen LogP contribution >= 0.6 is 0 Å². The zero-order chi connectivity index (χ0) is 18.9. The minimum absolute atomic E-state index is 0.0439. The Kier molecular flexibility index (Phi) is 4.76. The number of aromatic nitrogens is 1. The third kappa shape index (κ3) is 3.74. The van der Waals surface area contributed by atoms with Gasteiger partial charge in [-0.3, -0.25) is 4.79 Å². The largest absolute Gasteiger partial charge is 0.619 e. The average molecular weight is 365 g/mol. The lowest BCUT2D eigenvalue weighted by Gasteiger charge is -2.41. The molecule has 0 bridgehead atoms. The molecular formula is C18H18F3N3O2. The van der Waals surface area contributed by atoms with Gasteiger partial charge in [0.15, 0.2) is 12.4 Å². The van der Waals surface area contributed by atoms with Gasteiger partial charge in [0.05, 0.1) is 11.1 Å². The van der Waals surface area contributed by atoms with Crippen molar-refractivity contribution >= 4 is 11.6 Å². The second kappa shape index (κ2) is 6.86. The Labute approximate surface area is 148 Å². The van der Waals surface area contributed by atoms with E-state index in [2.05, 4.69) is 0 Å². The fourth-order valence-electron chi connectivity index (χ4n) is 3.11. The van der Waals surface area contributed by atoms with E-state index in [0.717, 1.165) is 12.1 Å². The zero-order valence-electron chi connectivity index (χ0n) is 14.1. The molecule has 1 aromatic carbocycles. The van der Waals surface area contributed by atoms with Crippen molar-refractivity contribution in [3.05, 3.63) is 65.1 Å². The van der Waals surface area contributed by atoms with Crippen molar-refractivity contribution in [2.24, 2.45) is 0 Å². The van der Waals surface area contributed by atoms with Crippen molar-refractivity contribution < 1.29 is 22.7 Å². The van der Waals surface area contributed by atoms with E-state index in [1.807, 2.05) is 11.8 Å². The van der Waals surface area contributed by atoms with E-state index < -0.39 is 11.7 Å². The van der Waals surface area contributed by atoms with Crippen molar-refractivity contribution in [3.63, 3.8) is 0 Å². The molecule has 0 N–H and O–H groups in total. The predicted molar refractivity (Wildman–Crippen MR) is 89.6 cm³/mol. The molecule has 1 amide bonds. The van der Waals surface area contributed by atoms with E-state index in [1.165, 1.54) is 36.7 Å². The molecule has 1 aromatic heterocycles. The summed E-state index contributed by atoms with van der Waals surface area (Å²) in [6.45, 7) is 3.35. The van der Waals surface area contributed by atoms with E-state index in [4.69, 9.17) is 0 Å². The van der Waals surface area contributed by atoms with Crippen LogP contribution in [0, 0.1) is 5.21 Å². The van der Waals surface area contributed by atoms with E-state index in [-0.39, 0.29) is 11.9 Å². The summed E-state index contributed by atoms with van der Waals surface area (Å²) in [4.78, 5) is 16.2. The molecule has 0 saturated carbocycles. The van der Waals surface area contributed by atoms with E-state index in [1.54, 1.807) is 4.90 Å². The normalized spacial score (nSPS) is 18.1. The SMILES string of the molecule is CC1CN(C(=O)c2cc[n+]([O-])cc2)CCN1c1ccc(C(F)(F)F)cc1. The minimum Gasteiger partial charge on any atom is -0.619 e. The summed E-state index contributed by atoms with van der Waals surface area (Å²) in [5, 5.41) is 11.1. The van der Waals surface area contributed by atoms with Crippen LogP contribution < -0.4 is 9.63 Å². The van der Waals surface area contributed by atoms with Gasteiger partial charge < -0.3 is 15.0 Å². The Hall–Kier alpha value is -2.77. The number of anilines is 1. The number of hydrogen-bond donors (Lipinski definition) is 0. The molecule has 26 heavy (non-hydrogen) atoms. The molecule has 1 fully saturated rings. The quantitative estimate of drug-likeness (QED) is 0.607. The highest BCUT2D eigenvalue weighted by Gasteiger charge is 2.31. The number of halogens is 3.